The molecule has 0 unspecified atom stereocenters. The summed E-state index contributed by atoms with van der Waals surface area (Å²) in [5.41, 5.74) is 2.44. The van der Waals surface area contributed by atoms with Crippen LogP contribution in [0, 0.1) is 17.8 Å². The maximum Gasteiger partial charge on any atom is 0.166 e. The minimum absolute atomic E-state index is 0.318. The van der Waals surface area contributed by atoms with Crippen molar-refractivity contribution in [3.8, 4) is 11.5 Å². The number of rotatable bonds is 7. The Morgan fingerprint density at radius 1 is 0.967 bits per heavy atom. The van der Waals surface area contributed by atoms with Gasteiger partial charge in [-0.15, -0.1) is 0 Å². The van der Waals surface area contributed by atoms with E-state index in [4.69, 9.17) is 32.7 Å². The molecule has 0 radical (unpaired) electrons. The quantitative estimate of drug-likeness (QED) is 0.517. The SMILES string of the molecule is COc1cccc(CNC23CC4CC(CC(C4)C2)C3)c1OCc1ccc(Cl)c(Cl)c1. The predicted molar refractivity (Wildman–Crippen MR) is 122 cm³/mol. The third-order valence-corrected chi connectivity index (χ3v) is 8.08. The summed E-state index contributed by atoms with van der Waals surface area (Å²) in [6, 6.07) is 11.7. The predicted octanol–water partition coefficient (Wildman–Crippen LogP) is 6.64. The summed E-state index contributed by atoms with van der Waals surface area (Å²) in [6.45, 7) is 1.22. The lowest BCUT2D eigenvalue weighted by atomic mass is 9.53. The molecule has 5 heteroatoms. The molecule has 4 aliphatic rings. The first kappa shape index (κ1) is 20.5. The normalized spacial score (nSPS) is 29.2. The van der Waals surface area contributed by atoms with E-state index in [0.717, 1.165) is 46.9 Å². The van der Waals surface area contributed by atoms with Gasteiger partial charge in [-0.1, -0.05) is 41.4 Å². The Bertz CT molecular complexity index is 894. The lowest BCUT2D eigenvalue weighted by Gasteiger charge is -2.57. The summed E-state index contributed by atoms with van der Waals surface area (Å²) < 4.78 is 11.9. The molecule has 4 saturated carbocycles. The van der Waals surface area contributed by atoms with E-state index in [1.54, 1.807) is 13.2 Å². The molecular weight excluding hydrogens is 417 g/mol. The molecule has 0 atom stereocenters. The smallest absolute Gasteiger partial charge is 0.166 e. The third kappa shape index (κ3) is 4.04. The Balaban J connectivity index is 1.32. The first-order valence-corrected chi connectivity index (χ1v) is 11.8. The van der Waals surface area contributed by atoms with Crippen LogP contribution < -0.4 is 14.8 Å². The number of hydrogen-bond acceptors (Lipinski definition) is 3. The highest BCUT2D eigenvalue weighted by Crippen LogP contribution is 2.55. The largest absolute Gasteiger partial charge is 0.493 e. The summed E-state index contributed by atoms with van der Waals surface area (Å²) in [7, 11) is 1.69. The van der Waals surface area contributed by atoms with Gasteiger partial charge in [0.1, 0.15) is 6.61 Å². The summed E-state index contributed by atoms with van der Waals surface area (Å²) in [5.74, 6) is 4.36. The highest BCUT2D eigenvalue weighted by molar-refractivity contribution is 6.42. The Kier molecular flexibility index (Phi) is 5.64. The van der Waals surface area contributed by atoms with E-state index in [9.17, 15) is 0 Å². The first-order valence-electron chi connectivity index (χ1n) is 11.0. The molecule has 3 nitrogen and oxygen atoms in total. The van der Waals surface area contributed by atoms with Crippen LogP contribution >= 0.6 is 23.2 Å². The molecule has 2 aromatic rings. The van der Waals surface area contributed by atoms with Gasteiger partial charge < -0.3 is 14.8 Å². The number of para-hydroxylation sites is 1. The van der Waals surface area contributed by atoms with Gasteiger partial charge in [-0.05, 0) is 80.0 Å². The van der Waals surface area contributed by atoms with Crippen LogP contribution in [-0.2, 0) is 13.2 Å². The van der Waals surface area contributed by atoms with Gasteiger partial charge in [0, 0.05) is 17.6 Å². The Labute approximate surface area is 189 Å². The van der Waals surface area contributed by atoms with Gasteiger partial charge >= 0.3 is 0 Å². The van der Waals surface area contributed by atoms with E-state index in [1.807, 2.05) is 24.3 Å². The van der Waals surface area contributed by atoms with Crippen molar-refractivity contribution >= 4 is 23.2 Å². The molecule has 4 bridgehead atoms. The Morgan fingerprint density at radius 3 is 2.30 bits per heavy atom. The number of halogens is 2. The van der Waals surface area contributed by atoms with Crippen molar-refractivity contribution in [3.05, 3.63) is 57.6 Å². The second-order valence-electron chi connectivity index (χ2n) is 9.54. The molecule has 0 amide bonds. The van der Waals surface area contributed by atoms with Crippen molar-refractivity contribution in [3.63, 3.8) is 0 Å². The minimum atomic E-state index is 0.318. The molecule has 30 heavy (non-hydrogen) atoms. The zero-order chi connectivity index (χ0) is 20.7. The molecule has 0 saturated heterocycles. The maximum absolute atomic E-state index is 6.24. The van der Waals surface area contributed by atoms with Gasteiger partial charge in [0.25, 0.3) is 0 Å². The Hall–Kier alpha value is -1.42. The fourth-order valence-corrected chi connectivity index (χ4v) is 6.74. The molecule has 4 aliphatic carbocycles. The van der Waals surface area contributed by atoms with Gasteiger partial charge in [0.15, 0.2) is 11.5 Å². The minimum Gasteiger partial charge on any atom is -0.493 e. The van der Waals surface area contributed by atoms with Crippen LogP contribution in [0.1, 0.15) is 49.7 Å². The third-order valence-electron chi connectivity index (χ3n) is 7.34. The maximum atomic E-state index is 6.24. The van der Waals surface area contributed by atoms with Gasteiger partial charge in [-0.25, -0.2) is 0 Å². The van der Waals surface area contributed by atoms with Gasteiger partial charge in [0.05, 0.1) is 17.2 Å². The number of methoxy groups -OCH3 is 1. The van der Waals surface area contributed by atoms with E-state index in [-0.39, 0.29) is 0 Å². The molecule has 6 rings (SSSR count). The summed E-state index contributed by atoms with van der Waals surface area (Å²) in [5, 5.41) is 5.07. The zero-order valence-electron chi connectivity index (χ0n) is 17.4. The van der Waals surface area contributed by atoms with Crippen molar-refractivity contribution in [1.82, 2.24) is 5.32 Å². The lowest BCUT2D eigenvalue weighted by molar-refractivity contribution is -0.0206. The van der Waals surface area contributed by atoms with Crippen molar-refractivity contribution in [1.29, 1.82) is 0 Å². The number of nitrogens with one attached hydrogen (secondary N) is 1. The Morgan fingerprint density at radius 2 is 1.67 bits per heavy atom. The molecule has 4 fully saturated rings. The highest BCUT2D eigenvalue weighted by Gasteiger charge is 2.50. The molecule has 1 N–H and O–H groups in total. The number of ether oxygens (including phenoxy) is 2. The molecule has 160 valence electrons. The molecule has 2 aromatic carbocycles. The monoisotopic (exact) mass is 445 g/mol. The molecule has 0 aromatic heterocycles. The van der Waals surface area contributed by atoms with Crippen LogP contribution in [0.25, 0.3) is 0 Å². The van der Waals surface area contributed by atoms with E-state index >= 15 is 0 Å². The number of hydrogen-bond donors (Lipinski definition) is 1. The van der Waals surface area contributed by atoms with Gasteiger partial charge in [0.2, 0.25) is 0 Å². The van der Waals surface area contributed by atoms with E-state index in [1.165, 1.54) is 38.5 Å². The van der Waals surface area contributed by atoms with Crippen LogP contribution in [0.15, 0.2) is 36.4 Å². The van der Waals surface area contributed by atoms with Crippen molar-refractivity contribution < 1.29 is 9.47 Å². The van der Waals surface area contributed by atoms with Crippen LogP contribution in [0.3, 0.4) is 0 Å². The zero-order valence-corrected chi connectivity index (χ0v) is 18.9. The van der Waals surface area contributed by atoms with E-state index < -0.39 is 0 Å². The van der Waals surface area contributed by atoms with Crippen molar-refractivity contribution in [2.75, 3.05) is 7.11 Å². The van der Waals surface area contributed by atoms with E-state index in [2.05, 4.69) is 11.4 Å². The fourth-order valence-electron chi connectivity index (χ4n) is 6.42. The van der Waals surface area contributed by atoms with Crippen molar-refractivity contribution in [2.24, 2.45) is 17.8 Å². The average Bonchev–Trinajstić information content (AvgIpc) is 2.72. The van der Waals surface area contributed by atoms with Crippen LogP contribution in [-0.4, -0.2) is 12.6 Å². The highest BCUT2D eigenvalue weighted by atomic mass is 35.5. The molecule has 0 heterocycles. The first-order chi connectivity index (χ1) is 14.5. The van der Waals surface area contributed by atoms with Crippen LogP contribution in [0.2, 0.25) is 10.0 Å². The summed E-state index contributed by atoms with van der Waals surface area (Å²) >= 11 is 12.2. The van der Waals surface area contributed by atoms with Gasteiger partial charge in [-0.2, -0.15) is 0 Å². The average molecular weight is 446 g/mol. The topological polar surface area (TPSA) is 30.5 Å². The standard InChI is InChI=1S/C25H29Cl2NO2/c1-29-23-4-2-3-20(24(23)30-15-16-5-6-21(26)22(27)10-16)14-28-25-11-17-7-18(12-25)9-19(8-17)13-25/h2-6,10,17-19,28H,7-9,11-15H2,1H3. The van der Waals surface area contributed by atoms with Crippen molar-refractivity contribution in [2.45, 2.75) is 57.2 Å². The summed E-state index contributed by atoms with van der Waals surface area (Å²) in [6.07, 6.45) is 8.38. The second kappa shape index (κ2) is 8.26. The summed E-state index contributed by atoms with van der Waals surface area (Å²) in [4.78, 5) is 0. The fraction of sp³-hybridized carbons (Fsp3) is 0.520. The second-order valence-corrected chi connectivity index (χ2v) is 10.4. The lowest BCUT2D eigenvalue weighted by Crippen LogP contribution is -2.58. The molecular formula is C25H29Cl2NO2. The van der Waals surface area contributed by atoms with E-state index in [0.29, 0.717) is 22.2 Å². The number of benzene rings is 2. The van der Waals surface area contributed by atoms with Crippen LogP contribution in [0.5, 0.6) is 11.5 Å². The molecule has 0 aliphatic heterocycles. The molecule has 0 spiro atoms. The van der Waals surface area contributed by atoms with Crippen LogP contribution in [0.4, 0.5) is 0 Å². The van der Waals surface area contributed by atoms with Gasteiger partial charge in [-0.3, -0.25) is 0 Å².